The molecule has 1 amide bonds. The molecule has 0 spiro atoms. The number of phenols is 2. The highest BCUT2D eigenvalue weighted by molar-refractivity contribution is 5.91. The Kier molecular flexibility index (Phi) is 8.71. The molecule has 0 aliphatic rings. The minimum atomic E-state index is -0.205. The van der Waals surface area contributed by atoms with Crippen LogP contribution < -0.4 is 16.4 Å². The Hall–Kier alpha value is -2.05. The molecule has 6 heteroatoms. The van der Waals surface area contributed by atoms with Gasteiger partial charge in [-0.25, -0.2) is 0 Å². The molecule has 6 N–H and O–H groups in total. The lowest BCUT2D eigenvalue weighted by molar-refractivity contribution is -0.116. The van der Waals surface area contributed by atoms with Crippen LogP contribution in [0, 0.1) is 0 Å². The van der Waals surface area contributed by atoms with Crippen LogP contribution in [0.1, 0.15) is 24.8 Å². The standard InChI is InChI=1S/C16H25N3O3/c17-8-1-2-9-18-10-3-11-19-16(22)7-5-13-4-6-14(20)15(21)12-13/h4-7,12,18,20-21H,1-3,8-11,17H2,(H,19,22). The van der Waals surface area contributed by atoms with Gasteiger partial charge in [-0.05, 0) is 62.7 Å². The van der Waals surface area contributed by atoms with Gasteiger partial charge in [0.1, 0.15) is 0 Å². The van der Waals surface area contributed by atoms with Crippen molar-refractivity contribution < 1.29 is 15.0 Å². The number of carbonyl (C=O) groups is 1. The van der Waals surface area contributed by atoms with E-state index in [9.17, 15) is 15.0 Å². The number of hydrogen-bond donors (Lipinski definition) is 5. The Morgan fingerprint density at radius 1 is 1.09 bits per heavy atom. The summed E-state index contributed by atoms with van der Waals surface area (Å²) in [5.41, 5.74) is 6.05. The van der Waals surface area contributed by atoms with Crippen molar-refractivity contribution >= 4 is 12.0 Å². The number of rotatable bonds is 10. The van der Waals surface area contributed by atoms with Gasteiger partial charge in [-0.15, -0.1) is 0 Å². The van der Waals surface area contributed by atoms with Crippen LogP contribution in [-0.2, 0) is 4.79 Å². The summed E-state index contributed by atoms with van der Waals surface area (Å²) in [6, 6.07) is 4.39. The van der Waals surface area contributed by atoms with Crippen LogP contribution in [0.3, 0.4) is 0 Å². The molecule has 0 unspecified atom stereocenters. The Balaban J connectivity index is 2.15. The maximum absolute atomic E-state index is 11.6. The molecule has 0 bridgehead atoms. The molecular formula is C16H25N3O3. The van der Waals surface area contributed by atoms with Crippen molar-refractivity contribution in [2.45, 2.75) is 19.3 Å². The molecule has 0 aromatic heterocycles. The highest BCUT2D eigenvalue weighted by Gasteiger charge is 1.99. The predicted molar refractivity (Wildman–Crippen MR) is 87.6 cm³/mol. The first kappa shape index (κ1) is 18.0. The highest BCUT2D eigenvalue weighted by atomic mass is 16.3. The summed E-state index contributed by atoms with van der Waals surface area (Å²) in [5.74, 6) is -0.570. The summed E-state index contributed by atoms with van der Waals surface area (Å²) < 4.78 is 0. The highest BCUT2D eigenvalue weighted by Crippen LogP contribution is 2.25. The molecule has 0 radical (unpaired) electrons. The van der Waals surface area contributed by atoms with Gasteiger partial charge in [0.15, 0.2) is 11.5 Å². The van der Waals surface area contributed by atoms with E-state index in [0.29, 0.717) is 12.1 Å². The van der Waals surface area contributed by atoms with Crippen molar-refractivity contribution in [2.24, 2.45) is 5.73 Å². The van der Waals surface area contributed by atoms with E-state index in [0.717, 1.165) is 38.9 Å². The van der Waals surface area contributed by atoms with Gasteiger partial charge in [0.2, 0.25) is 5.91 Å². The van der Waals surface area contributed by atoms with E-state index in [1.165, 1.54) is 18.2 Å². The van der Waals surface area contributed by atoms with E-state index >= 15 is 0 Å². The van der Waals surface area contributed by atoms with Crippen molar-refractivity contribution in [1.29, 1.82) is 0 Å². The van der Waals surface area contributed by atoms with E-state index in [4.69, 9.17) is 5.73 Å². The molecule has 0 saturated carbocycles. The van der Waals surface area contributed by atoms with Gasteiger partial charge in [-0.1, -0.05) is 6.07 Å². The van der Waals surface area contributed by atoms with Crippen molar-refractivity contribution in [3.05, 3.63) is 29.8 Å². The monoisotopic (exact) mass is 307 g/mol. The SMILES string of the molecule is NCCCCNCCCNC(=O)C=Cc1ccc(O)c(O)c1. The van der Waals surface area contributed by atoms with Gasteiger partial charge in [0.05, 0.1) is 0 Å². The van der Waals surface area contributed by atoms with Crippen molar-refractivity contribution in [1.82, 2.24) is 10.6 Å². The van der Waals surface area contributed by atoms with Gasteiger partial charge in [0, 0.05) is 12.6 Å². The van der Waals surface area contributed by atoms with Crippen LogP contribution >= 0.6 is 0 Å². The number of phenolic OH excluding ortho intramolecular Hbond substituents is 2. The van der Waals surface area contributed by atoms with Gasteiger partial charge >= 0.3 is 0 Å². The first-order valence-electron chi connectivity index (χ1n) is 7.52. The molecule has 1 aromatic carbocycles. The summed E-state index contributed by atoms with van der Waals surface area (Å²) in [5, 5.41) is 24.6. The zero-order chi connectivity index (χ0) is 16.2. The number of hydrogen-bond acceptors (Lipinski definition) is 5. The van der Waals surface area contributed by atoms with Gasteiger partial charge < -0.3 is 26.6 Å². The number of aromatic hydroxyl groups is 2. The van der Waals surface area contributed by atoms with E-state index < -0.39 is 0 Å². The lowest BCUT2D eigenvalue weighted by Gasteiger charge is -2.05. The molecule has 22 heavy (non-hydrogen) atoms. The third-order valence-corrected chi connectivity index (χ3v) is 3.06. The molecule has 6 nitrogen and oxygen atoms in total. The van der Waals surface area contributed by atoms with Crippen LogP contribution in [0.25, 0.3) is 6.08 Å². The van der Waals surface area contributed by atoms with Crippen molar-refractivity contribution in [2.75, 3.05) is 26.2 Å². The topological polar surface area (TPSA) is 108 Å². The molecule has 1 aromatic rings. The second-order valence-corrected chi connectivity index (χ2v) is 4.97. The molecule has 0 atom stereocenters. The fourth-order valence-corrected chi connectivity index (χ4v) is 1.82. The summed E-state index contributed by atoms with van der Waals surface area (Å²) in [6.45, 7) is 3.15. The van der Waals surface area contributed by atoms with Crippen LogP contribution in [0.5, 0.6) is 11.5 Å². The number of carbonyl (C=O) groups excluding carboxylic acids is 1. The lowest BCUT2D eigenvalue weighted by atomic mass is 10.2. The van der Waals surface area contributed by atoms with Gasteiger partial charge in [-0.2, -0.15) is 0 Å². The van der Waals surface area contributed by atoms with Crippen molar-refractivity contribution in [3.63, 3.8) is 0 Å². The average molecular weight is 307 g/mol. The van der Waals surface area contributed by atoms with Crippen LogP contribution in [-0.4, -0.2) is 42.3 Å². The normalized spacial score (nSPS) is 11.0. The first-order valence-corrected chi connectivity index (χ1v) is 7.52. The molecule has 0 aliphatic carbocycles. The summed E-state index contributed by atoms with van der Waals surface area (Å²) in [4.78, 5) is 11.6. The number of nitrogens with one attached hydrogen (secondary N) is 2. The number of benzene rings is 1. The quantitative estimate of drug-likeness (QED) is 0.251. The Labute approximate surface area is 131 Å². The second-order valence-electron chi connectivity index (χ2n) is 4.97. The zero-order valence-electron chi connectivity index (χ0n) is 12.7. The predicted octanol–water partition coefficient (Wildman–Crippen LogP) is 0.946. The van der Waals surface area contributed by atoms with E-state index in [1.807, 2.05) is 0 Å². The summed E-state index contributed by atoms with van der Waals surface area (Å²) in [6.07, 6.45) is 5.95. The van der Waals surface area contributed by atoms with Crippen LogP contribution in [0.2, 0.25) is 0 Å². The maximum Gasteiger partial charge on any atom is 0.243 e. The first-order chi connectivity index (χ1) is 10.6. The lowest BCUT2D eigenvalue weighted by Crippen LogP contribution is -2.26. The fourth-order valence-electron chi connectivity index (χ4n) is 1.82. The second kappa shape index (κ2) is 10.6. The molecule has 1 rings (SSSR count). The molecular weight excluding hydrogens is 282 g/mol. The largest absolute Gasteiger partial charge is 0.504 e. The summed E-state index contributed by atoms with van der Waals surface area (Å²) >= 11 is 0. The Morgan fingerprint density at radius 3 is 2.59 bits per heavy atom. The molecule has 0 fully saturated rings. The number of nitrogens with two attached hydrogens (primary N) is 1. The Morgan fingerprint density at radius 2 is 1.86 bits per heavy atom. The van der Waals surface area contributed by atoms with E-state index in [2.05, 4.69) is 10.6 Å². The fraction of sp³-hybridized carbons (Fsp3) is 0.438. The van der Waals surface area contributed by atoms with Crippen LogP contribution in [0.4, 0.5) is 0 Å². The van der Waals surface area contributed by atoms with Gasteiger partial charge in [-0.3, -0.25) is 4.79 Å². The Bertz CT molecular complexity index is 490. The molecule has 0 aliphatic heterocycles. The van der Waals surface area contributed by atoms with Crippen LogP contribution in [0.15, 0.2) is 24.3 Å². The molecule has 0 heterocycles. The molecule has 0 saturated heterocycles. The summed E-state index contributed by atoms with van der Waals surface area (Å²) in [7, 11) is 0. The van der Waals surface area contributed by atoms with E-state index in [-0.39, 0.29) is 17.4 Å². The minimum Gasteiger partial charge on any atom is -0.504 e. The van der Waals surface area contributed by atoms with Gasteiger partial charge in [0.25, 0.3) is 0 Å². The smallest absolute Gasteiger partial charge is 0.243 e. The number of unbranched alkanes of at least 4 members (excludes halogenated alkanes) is 1. The maximum atomic E-state index is 11.6. The third-order valence-electron chi connectivity index (χ3n) is 3.06. The van der Waals surface area contributed by atoms with Crippen molar-refractivity contribution in [3.8, 4) is 11.5 Å². The zero-order valence-corrected chi connectivity index (χ0v) is 12.7. The van der Waals surface area contributed by atoms with E-state index in [1.54, 1.807) is 12.1 Å². The average Bonchev–Trinajstić information content (AvgIpc) is 2.51. The molecule has 122 valence electrons. The number of amides is 1. The minimum absolute atomic E-state index is 0.180. The third kappa shape index (κ3) is 7.66.